The molecule has 0 bridgehead atoms. The number of rotatable bonds is 4. The standard InChI is InChI=1S/C28H31N3O4/c1-16(2)28(26(33)29-27(34)30-28)21-7-5-20(6-8-21)25(32)31-11-9-19(10-12-31)22-15-35-23-14-17(3)13-18(4)24(22)23/h5-8,13-16,19H,9-12H2,1-4H3,(H2,29,30,33,34). The molecular weight excluding hydrogens is 442 g/mol. The van der Waals surface area contributed by atoms with E-state index in [0.29, 0.717) is 30.1 Å². The van der Waals surface area contributed by atoms with Crippen LogP contribution in [0.1, 0.15) is 65.2 Å². The van der Waals surface area contributed by atoms with E-state index in [9.17, 15) is 14.4 Å². The van der Waals surface area contributed by atoms with E-state index in [1.165, 1.54) is 22.1 Å². The van der Waals surface area contributed by atoms with Gasteiger partial charge in [0.1, 0.15) is 11.1 Å². The Morgan fingerprint density at radius 1 is 1.09 bits per heavy atom. The second-order valence-electron chi connectivity index (χ2n) is 10.2. The maximum Gasteiger partial charge on any atom is 0.322 e. The van der Waals surface area contributed by atoms with Gasteiger partial charge in [0.25, 0.3) is 11.8 Å². The van der Waals surface area contributed by atoms with E-state index in [4.69, 9.17) is 4.42 Å². The fourth-order valence-electron chi connectivity index (χ4n) is 5.74. The van der Waals surface area contributed by atoms with Crippen molar-refractivity contribution in [3.05, 3.63) is 70.5 Å². The van der Waals surface area contributed by atoms with Crippen LogP contribution in [0.3, 0.4) is 0 Å². The highest BCUT2D eigenvalue weighted by Gasteiger charge is 2.50. The van der Waals surface area contributed by atoms with Gasteiger partial charge in [-0.3, -0.25) is 14.9 Å². The third-order valence-electron chi connectivity index (χ3n) is 7.62. The molecule has 0 aliphatic carbocycles. The van der Waals surface area contributed by atoms with Gasteiger partial charge in [0, 0.05) is 29.6 Å². The van der Waals surface area contributed by atoms with Gasteiger partial charge in [-0.15, -0.1) is 0 Å². The molecule has 1 unspecified atom stereocenters. The van der Waals surface area contributed by atoms with Crippen LogP contribution in [-0.2, 0) is 10.3 Å². The van der Waals surface area contributed by atoms with Gasteiger partial charge in [-0.2, -0.15) is 0 Å². The second-order valence-corrected chi connectivity index (χ2v) is 10.2. The third-order valence-corrected chi connectivity index (χ3v) is 7.62. The van der Waals surface area contributed by atoms with Crippen molar-refractivity contribution in [2.45, 2.75) is 52.0 Å². The number of hydrogen-bond acceptors (Lipinski definition) is 4. The number of fused-ring (bicyclic) bond motifs is 1. The molecule has 35 heavy (non-hydrogen) atoms. The number of amides is 4. The van der Waals surface area contributed by atoms with E-state index in [1.54, 1.807) is 24.3 Å². The summed E-state index contributed by atoms with van der Waals surface area (Å²) in [6.45, 7) is 9.34. The Kier molecular flexibility index (Phi) is 5.66. The number of carbonyl (C=O) groups excluding carboxylic acids is 3. The molecule has 2 saturated heterocycles. The van der Waals surface area contributed by atoms with Gasteiger partial charge in [0.05, 0.1) is 6.26 Å². The van der Waals surface area contributed by atoms with Crippen LogP contribution in [0.2, 0.25) is 0 Å². The van der Waals surface area contributed by atoms with Crippen molar-refractivity contribution < 1.29 is 18.8 Å². The zero-order chi connectivity index (χ0) is 24.9. The zero-order valence-electron chi connectivity index (χ0n) is 20.6. The summed E-state index contributed by atoms with van der Waals surface area (Å²) >= 11 is 0. The molecule has 1 atom stereocenters. The number of nitrogens with zero attached hydrogens (tertiary/aromatic N) is 1. The predicted molar refractivity (Wildman–Crippen MR) is 133 cm³/mol. The molecule has 182 valence electrons. The van der Waals surface area contributed by atoms with Gasteiger partial charge in [-0.25, -0.2) is 4.79 Å². The van der Waals surface area contributed by atoms with Gasteiger partial charge in [0.2, 0.25) is 0 Å². The number of aryl methyl sites for hydroxylation is 2. The predicted octanol–water partition coefficient (Wildman–Crippen LogP) is 4.76. The van der Waals surface area contributed by atoms with Crippen LogP contribution in [0.4, 0.5) is 4.79 Å². The average Bonchev–Trinajstić information content (AvgIpc) is 3.39. The topological polar surface area (TPSA) is 91.7 Å². The fourth-order valence-corrected chi connectivity index (χ4v) is 5.74. The molecule has 2 aliphatic heterocycles. The molecule has 0 saturated carbocycles. The minimum Gasteiger partial charge on any atom is -0.464 e. The average molecular weight is 474 g/mol. The van der Waals surface area contributed by atoms with E-state index in [-0.39, 0.29) is 17.7 Å². The first kappa shape index (κ1) is 23.1. The third kappa shape index (κ3) is 3.79. The van der Waals surface area contributed by atoms with E-state index >= 15 is 0 Å². The first-order valence-corrected chi connectivity index (χ1v) is 12.2. The molecule has 2 N–H and O–H groups in total. The number of nitrogens with one attached hydrogen (secondary N) is 2. The summed E-state index contributed by atoms with van der Waals surface area (Å²) in [5, 5.41) is 6.33. The SMILES string of the molecule is Cc1cc(C)c2c(C3CCN(C(=O)c4ccc(C5(C(C)C)NC(=O)NC5=O)cc4)CC3)coc2c1. The molecule has 3 aromatic rings. The highest BCUT2D eigenvalue weighted by atomic mass is 16.3. The summed E-state index contributed by atoms with van der Waals surface area (Å²) in [6, 6.07) is 10.8. The highest BCUT2D eigenvalue weighted by molar-refractivity contribution is 6.07. The van der Waals surface area contributed by atoms with E-state index in [1.807, 2.05) is 25.0 Å². The molecule has 3 heterocycles. The van der Waals surface area contributed by atoms with Crippen LogP contribution in [0.25, 0.3) is 11.0 Å². The van der Waals surface area contributed by atoms with E-state index in [2.05, 4.69) is 36.6 Å². The minimum atomic E-state index is -1.12. The first-order chi connectivity index (χ1) is 16.7. The smallest absolute Gasteiger partial charge is 0.322 e. The van der Waals surface area contributed by atoms with Crippen LogP contribution >= 0.6 is 0 Å². The summed E-state index contributed by atoms with van der Waals surface area (Å²) in [5.74, 6) is -0.172. The Bertz CT molecular complexity index is 1320. The minimum absolute atomic E-state index is 0.0163. The van der Waals surface area contributed by atoms with Crippen LogP contribution in [-0.4, -0.2) is 35.8 Å². The lowest BCUT2D eigenvalue weighted by atomic mass is 9.79. The summed E-state index contributed by atoms with van der Waals surface area (Å²) in [7, 11) is 0. The summed E-state index contributed by atoms with van der Waals surface area (Å²) < 4.78 is 5.86. The Morgan fingerprint density at radius 2 is 1.77 bits per heavy atom. The molecule has 2 fully saturated rings. The fraction of sp³-hybridized carbons (Fsp3) is 0.393. The number of benzene rings is 2. The molecule has 1 aromatic heterocycles. The summed E-state index contributed by atoms with van der Waals surface area (Å²) in [5.41, 5.74) is 4.72. The number of hydrogen-bond donors (Lipinski definition) is 2. The Hall–Kier alpha value is -3.61. The Labute approximate surface area is 204 Å². The lowest BCUT2D eigenvalue weighted by molar-refractivity contribution is -0.125. The van der Waals surface area contributed by atoms with Crippen molar-refractivity contribution >= 4 is 28.8 Å². The molecule has 4 amide bonds. The van der Waals surface area contributed by atoms with Crippen LogP contribution < -0.4 is 10.6 Å². The first-order valence-electron chi connectivity index (χ1n) is 12.2. The summed E-state index contributed by atoms with van der Waals surface area (Å²) in [4.78, 5) is 39.5. The van der Waals surface area contributed by atoms with Gasteiger partial charge in [0.15, 0.2) is 0 Å². The van der Waals surface area contributed by atoms with Crippen molar-refractivity contribution in [2.75, 3.05) is 13.1 Å². The molecule has 5 rings (SSSR count). The number of urea groups is 1. The zero-order valence-corrected chi connectivity index (χ0v) is 20.6. The maximum absolute atomic E-state index is 13.2. The van der Waals surface area contributed by atoms with E-state index < -0.39 is 11.6 Å². The normalized spacial score (nSPS) is 21.0. The van der Waals surface area contributed by atoms with Crippen molar-refractivity contribution in [3.63, 3.8) is 0 Å². The molecule has 2 aliphatic rings. The quantitative estimate of drug-likeness (QED) is 0.535. The van der Waals surface area contributed by atoms with Crippen molar-refractivity contribution in [1.82, 2.24) is 15.5 Å². The molecule has 0 radical (unpaired) electrons. The van der Waals surface area contributed by atoms with Crippen molar-refractivity contribution in [1.29, 1.82) is 0 Å². The lowest BCUT2D eigenvalue weighted by Gasteiger charge is -2.33. The molecule has 2 aromatic carbocycles. The number of carbonyl (C=O) groups is 3. The van der Waals surface area contributed by atoms with Crippen LogP contribution in [0.5, 0.6) is 0 Å². The van der Waals surface area contributed by atoms with Crippen LogP contribution in [0, 0.1) is 19.8 Å². The largest absolute Gasteiger partial charge is 0.464 e. The molecular formula is C28H31N3O4. The molecule has 7 nitrogen and oxygen atoms in total. The lowest BCUT2D eigenvalue weighted by Crippen LogP contribution is -2.48. The summed E-state index contributed by atoms with van der Waals surface area (Å²) in [6.07, 6.45) is 3.66. The number of piperidine rings is 1. The van der Waals surface area contributed by atoms with Crippen molar-refractivity contribution in [2.24, 2.45) is 5.92 Å². The second kappa shape index (κ2) is 8.56. The van der Waals surface area contributed by atoms with Gasteiger partial charge in [-0.1, -0.05) is 32.0 Å². The van der Waals surface area contributed by atoms with Crippen molar-refractivity contribution in [3.8, 4) is 0 Å². The Balaban J connectivity index is 1.30. The number of likely N-dealkylation sites (tertiary alicyclic amines) is 1. The highest BCUT2D eigenvalue weighted by Crippen LogP contribution is 2.37. The van der Waals surface area contributed by atoms with Gasteiger partial charge >= 0.3 is 6.03 Å². The van der Waals surface area contributed by atoms with Gasteiger partial charge < -0.3 is 14.6 Å². The molecule has 7 heteroatoms. The van der Waals surface area contributed by atoms with Crippen LogP contribution in [0.15, 0.2) is 47.1 Å². The maximum atomic E-state index is 13.2. The van der Waals surface area contributed by atoms with Gasteiger partial charge in [-0.05, 0) is 73.4 Å². The number of imide groups is 1. The number of furan rings is 1. The molecule has 0 spiro atoms. The monoisotopic (exact) mass is 473 g/mol. The Morgan fingerprint density at radius 3 is 2.37 bits per heavy atom. The van der Waals surface area contributed by atoms with E-state index in [0.717, 1.165) is 18.4 Å².